The van der Waals surface area contributed by atoms with Crippen molar-refractivity contribution in [3.63, 3.8) is 0 Å². The number of carbonyl (C=O) groups excluding carboxylic acids is 2. The van der Waals surface area contributed by atoms with Gasteiger partial charge in [0.2, 0.25) is 5.91 Å². The molecule has 148 valence electrons. The molecule has 1 unspecified atom stereocenters. The van der Waals surface area contributed by atoms with Gasteiger partial charge < -0.3 is 14.6 Å². The highest BCUT2D eigenvalue weighted by Gasteiger charge is 2.36. The number of hydrazone groups is 1. The number of H-pyrrole nitrogens is 1. The number of ether oxygens (including phenoxy) is 1. The number of carbonyl (C=O) groups is 2. The molecule has 0 saturated carbocycles. The number of esters is 1. The zero-order valence-corrected chi connectivity index (χ0v) is 16.5. The van der Waals surface area contributed by atoms with Crippen LogP contribution in [0.4, 0.5) is 5.69 Å². The number of benzene rings is 1. The molecule has 2 aromatic rings. The van der Waals surface area contributed by atoms with Crippen molar-refractivity contribution in [2.75, 3.05) is 11.6 Å². The summed E-state index contributed by atoms with van der Waals surface area (Å²) in [7, 11) is 0. The van der Waals surface area contributed by atoms with E-state index in [-0.39, 0.29) is 31.2 Å². The first-order valence-corrected chi connectivity index (χ1v) is 9.46. The van der Waals surface area contributed by atoms with E-state index in [1.807, 2.05) is 37.3 Å². The van der Waals surface area contributed by atoms with Crippen LogP contribution in [0.15, 0.2) is 35.4 Å². The highest BCUT2D eigenvalue weighted by molar-refractivity contribution is 7.71. The van der Waals surface area contributed by atoms with E-state index in [1.165, 1.54) is 0 Å². The molecule has 2 N–H and O–H groups in total. The van der Waals surface area contributed by atoms with Crippen LogP contribution in [0.25, 0.3) is 0 Å². The van der Waals surface area contributed by atoms with Gasteiger partial charge in [-0.1, -0.05) is 18.2 Å². The summed E-state index contributed by atoms with van der Waals surface area (Å²) in [5.41, 5.74) is 0.945. The number of aromatic nitrogens is 3. The quantitative estimate of drug-likeness (QED) is 0.540. The molecule has 1 aromatic carbocycles. The van der Waals surface area contributed by atoms with Gasteiger partial charge >= 0.3 is 5.97 Å². The summed E-state index contributed by atoms with van der Waals surface area (Å²) in [5.74, 6) is -0.134. The third-order valence-corrected chi connectivity index (χ3v) is 4.63. The molecule has 2 heterocycles. The van der Waals surface area contributed by atoms with E-state index in [0.717, 1.165) is 5.69 Å². The average Bonchev–Trinajstić information content (AvgIpc) is 3.31. The standard InChI is InChI=1S/C18H22N6O3S/c1-3-23-15(20-21-18(23)28)11-19-16(25)14-10-13(17(26)27-4-2)22-24(14)12-8-6-5-7-9-12/h5-9,14H,3-4,10-11H2,1-2H3,(H,19,25)(H,21,28). The summed E-state index contributed by atoms with van der Waals surface area (Å²) >= 11 is 5.16. The highest BCUT2D eigenvalue weighted by atomic mass is 32.1. The topological polar surface area (TPSA) is 105 Å². The van der Waals surface area contributed by atoms with Crippen LogP contribution in [0.2, 0.25) is 0 Å². The third kappa shape index (κ3) is 4.11. The summed E-state index contributed by atoms with van der Waals surface area (Å²) in [6.07, 6.45) is 0.167. The van der Waals surface area contributed by atoms with Crippen molar-refractivity contribution in [1.82, 2.24) is 20.1 Å². The Morgan fingerprint density at radius 3 is 2.75 bits per heavy atom. The van der Waals surface area contributed by atoms with Gasteiger partial charge in [-0.3, -0.25) is 14.9 Å². The lowest BCUT2D eigenvalue weighted by Gasteiger charge is -2.22. The maximum atomic E-state index is 12.9. The molecule has 10 heteroatoms. The van der Waals surface area contributed by atoms with Gasteiger partial charge in [-0.15, -0.1) is 0 Å². The highest BCUT2D eigenvalue weighted by Crippen LogP contribution is 2.25. The van der Waals surface area contributed by atoms with Crippen LogP contribution in [0.1, 0.15) is 26.1 Å². The Morgan fingerprint density at radius 1 is 1.32 bits per heavy atom. The number of rotatable bonds is 7. The average molecular weight is 402 g/mol. The molecule has 0 saturated heterocycles. The van der Waals surface area contributed by atoms with E-state index in [1.54, 1.807) is 16.5 Å². The SMILES string of the molecule is CCOC(=O)C1=NN(c2ccccc2)C(C(=O)NCc2n[nH]c(=S)n2CC)C1. The fourth-order valence-corrected chi connectivity index (χ4v) is 3.25. The fraction of sp³-hybridized carbons (Fsp3) is 0.389. The van der Waals surface area contributed by atoms with Gasteiger partial charge in [0, 0.05) is 13.0 Å². The second kappa shape index (κ2) is 8.79. The molecule has 1 aliphatic rings. The van der Waals surface area contributed by atoms with Crippen molar-refractivity contribution >= 4 is 35.5 Å². The molecule has 1 atom stereocenters. The molecule has 0 fully saturated rings. The van der Waals surface area contributed by atoms with Crippen molar-refractivity contribution in [3.8, 4) is 0 Å². The van der Waals surface area contributed by atoms with Crippen LogP contribution in [-0.2, 0) is 27.4 Å². The Labute approximate surface area is 167 Å². The van der Waals surface area contributed by atoms with E-state index >= 15 is 0 Å². The first-order valence-electron chi connectivity index (χ1n) is 9.05. The molecule has 0 bridgehead atoms. The molecule has 3 rings (SSSR count). The van der Waals surface area contributed by atoms with Crippen molar-refractivity contribution in [2.24, 2.45) is 5.10 Å². The lowest BCUT2D eigenvalue weighted by Crippen LogP contribution is -2.42. The second-order valence-electron chi connectivity index (χ2n) is 6.07. The summed E-state index contributed by atoms with van der Waals surface area (Å²) in [5, 5.41) is 15.6. The minimum atomic E-state index is -0.654. The molecule has 1 aromatic heterocycles. The Morgan fingerprint density at radius 2 is 2.07 bits per heavy atom. The number of nitrogens with zero attached hydrogens (tertiary/aromatic N) is 4. The molecule has 0 aliphatic carbocycles. The second-order valence-corrected chi connectivity index (χ2v) is 6.46. The van der Waals surface area contributed by atoms with E-state index in [2.05, 4.69) is 20.6 Å². The van der Waals surface area contributed by atoms with Crippen LogP contribution >= 0.6 is 12.2 Å². The van der Waals surface area contributed by atoms with Crippen LogP contribution in [0.3, 0.4) is 0 Å². The fourth-order valence-electron chi connectivity index (χ4n) is 2.97. The molecule has 0 spiro atoms. The van der Waals surface area contributed by atoms with Crippen molar-refractivity contribution in [2.45, 2.75) is 39.4 Å². The Balaban J connectivity index is 1.77. The Hall–Kier alpha value is -3.01. The maximum Gasteiger partial charge on any atom is 0.354 e. The van der Waals surface area contributed by atoms with Gasteiger partial charge in [-0.05, 0) is 38.2 Å². The van der Waals surface area contributed by atoms with Crippen LogP contribution in [0.5, 0.6) is 0 Å². The van der Waals surface area contributed by atoms with Crippen LogP contribution < -0.4 is 10.3 Å². The summed E-state index contributed by atoms with van der Waals surface area (Å²) in [6.45, 7) is 4.79. The zero-order valence-electron chi connectivity index (χ0n) is 15.7. The Bertz CT molecular complexity index is 936. The predicted octanol–water partition coefficient (Wildman–Crippen LogP) is 1.77. The molecular weight excluding hydrogens is 380 g/mol. The molecule has 9 nitrogen and oxygen atoms in total. The third-order valence-electron chi connectivity index (χ3n) is 4.32. The number of amides is 1. The Kier molecular flexibility index (Phi) is 6.19. The molecule has 28 heavy (non-hydrogen) atoms. The van der Waals surface area contributed by atoms with Crippen molar-refractivity contribution < 1.29 is 14.3 Å². The number of anilines is 1. The van der Waals surface area contributed by atoms with Gasteiger partial charge in [0.05, 0.1) is 18.8 Å². The zero-order chi connectivity index (χ0) is 20.1. The number of nitrogens with one attached hydrogen (secondary N) is 2. The van der Waals surface area contributed by atoms with Gasteiger partial charge in [-0.2, -0.15) is 10.2 Å². The molecule has 1 amide bonds. The first kappa shape index (κ1) is 19.7. The lowest BCUT2D eigenvalue weighted by atomic mass is 10.1. The maximum absolute atomic E-state index is 12.9. The lowest BCUT2D eigenvalue weighted by molar-refractivity contribution is -0.135. The molecule has 0 radical (unpaired) electrons. The van der Waals surface area contributed by atoms with E-state index in [0.29, 0.717) is 17.1 Å². The monoisotopic (exact) mass is 402 g/mol. The number of hydrogen-bond donors (Lipinski definition) is 2. The van der Waals surface area contributed by atoms with E-state index in [9.17, 15) is 9.59 Å². The van der Waals surface area contributed by atoms with Crippen LogP contribution in [-0.4, -0.2) is 45.0 Å². The van der Waals surface area contributed by atoms with Gasteiger partial charge in [0.1, 0.15) is 11.8 Å². The number of para-hydroxylation sites is 1. The predicted molar refractivity (Wildman–Crippen MR) is 106 cm³/mol. The summed E-state index contributed by atoms with van der Waals surface area (Å²) in [6, 6.07) is 8.58. The molecule has 1 aliphatic heterocycles. The van der Waals surface area contributed by atoms with Gasteiger partial charge in [0.25, 0.3) is 0 Å². The number of hydrogen-bond acceptors (Lipinski definition) is 7. The normalized spacial score (nSPS) is 16.0. The largest absolute Gasteiger partial charge is 0.461 e. The summed E-state index contributed by atoms with van der Waals surface area (Å²) in [4.78, 5) is 25.0. The van der Waals surface area contributed by atoms with Crippen molar-refractivity contribution in [3.05, 3.63) is 40.9 Å². The first-order chi connectivity index (χ1) is 13.5. The molecular formula is C18H22N6O3S. The minimum absolute atomic E-state index is 0.167. The van der Waals surface area contributed by atoms with Crippen molar-refractivity contribution in [1.29, 1.82) is 0 Å². The van der Waals surface area contributed by atoms with Gasteiger partial charge in [-0.25, -0.2) is 4.79 Å². The van der Waals surface area contributed by atoms with Crippen LogP contribution in [0, 0.1) is 4.77 Å². The van der Waals surface area contributed by atoms with E-state index < -0.39 is 12.0 Å². The minimum Gasteiger partial charge on any atom is -0.461 e. The summed E-state index contributed by atoms with van der Waals surface area (Å²) < 4.78 is 7.35. The smallest absolute Gasteiger partial charge is 0.354 e. The van der Waals surface area contributed by atoms with E-state index in [4.69, 9.17) is 17.0 Å². The number of aromatic amines is 1. The van der Waals surface area contributed by atoms with Gasteiger partial charge in [0.15, 0.2) is 10.6 Å².